The average Bonchev–Trinajstić information content (AvgIpc) is 3.04. The molecule has 0 bridgehead atoms. The molecule has 0 spiro atoms. The van der Waals surface area contributed by atoms with Crippen LogP contribution < -0.4 is 0 Å². The lowest BCUT2D eigenvalue weighted by molar-refractivity contribution is 0.131. The number of imidazole rings is 1. The summed E-state index contributed by atoms with van der Waals surface area (Å²) in [6.45, 7) is 17.6. The summed E-state index contributed by atoms with van der Waals surface area (Å²) in [5, 5.41) is 0. The van der Waals surface area contributed by atoms with E-state index in [2.05, 4.69) is 64.6 Å². The lowest BCUT2D eigenvalue weighted by Gasteiger charge is -2.34. The van der Waals surface area contributed by atoms with Crippen LogP contribution in [0, 0.1) is 20.8 Å². The lowest BCUT2D eigenvalue weighted by atomic mass is 9.98. The predicted molar refractivity (Wildman–Crippen MR) is 112 cm³/mol. The first-order chi connectivity index (χ1) is 12.9. The fraction of sp³-hybridized carbons (Fsp3) is 0.591. The van der Waals surface area contributed by atoms with Crippen molar-refractivity contribution >= 4 is 0 Å². The van der Waals surface area contributed by atoms with Crippen LogP contribution in [0.3, 0.4) is 0 Å². The van der Waals surface area contributed by atoms with Crippen LogP contribution in [0.2, 0.25) is 0 Å². The zero-order valence-electron chi connectivity index (χ0n) is 17.7. The summed E-state index contributed by atoms with van der Waals surface area (Å²) >= 11 is 0. The summed E-state index contributed by atoms with van der Waals surface area (Å²) in [5.74, 6) is 1.04. The van der Waals surface area contributed by atoms with Crippen molar-refractivity contribution < 1.29 is 0 Å². The van der Waals surface area contributed by atoms with Crippen molar-refractivity contribution in [2.75, 3.05) is 39.8 Å². The molecule has 0 atom stereocenters. The van der Waals surface area contributed by atoms with Gasteiger partial charge in [-0.05, 0) is 51.1 Å². The van der Waals surface area contributed by atoms with Crippen molar-refractivity contribution in [3.63, 3.8) is 0 Å². The first-order valence-corrected chi connectivity index (χ1v) is 10.2. The lowest BCUT2D eigenvalue weighted by Crippen LogP contribution is -2.45. The minimum absolute atomic E-state index is 0.843. The molecular formula is C22H35N5. The molecule has 1 N–H and O–H groups in total. The largest absolute Gasteiger partial charge is 0.345 e. The van der Waals surface area contributed by atoms with Crippen LogP contribution >= 0.6 is 0 Å². The first-order valence-electron chi connectivity index (χ1n) is 10.2. The van der Waals surface area contributed by atoms with E-state index in [1.54, 1.807) is 0 Å². The molecule has 3 rings (SSSR count). The number of H-pyrrole nitrogens is 1. The number of benzene rings is 1. The SMILES string of the molecule is CCN1CCN(Cc2cc(C)cc(CN(C)Cc3ncc(C)[nH]3)c2C)CC1. The van der Waals surface area contributed by atoms with Crippen LogP contribution in [-0.4, -0.2) is 64.4 Å². The Bertz CT molecular complexity index is 743. The van der Waals surface area contributed by atoms with Crippen LogP contribution in [0.15, 0.2) is 18.3 Å². The van der Waals surface area contributed by atoms with Crippen molar-refractivity contribution in [1.82, 2.24) is 24.7 Å². The zero-order valence-corrected chi connectivity index (χ0v) is 17.7. The third-order valence-corrected chi connectivity index (χ3v) is 5.69. The molecule has 148 valence electrons. The van der Waals surface area contributed by atoms with E-state index in [0.717, 1.165) is 31.2 Å². The highest BCUT2D eigenvalue weighted by molar-refractivity contribution is 5.38. The molecular weight excluding hydrogens is 334 g/mol. The van der Waals surface area contributed by atoms with Gasteiger partial charge < -0.3 is 9.88 Å². The number of aromatic amines is 1. The Labute approximate surface area is 164 Å². The van der Waals surface area contributed by atoms with Gasteiger partial charge in [-0.3, -0.25) is 9.80 Å². The van der Waals surface area contributed by atoms with E-state index < -0.39 is 0 Å². The summed E-state index contributed by atoms with van der Waals surface area (Å²) in [4.78, 5) is 15.2. The smallest absolute Gasteiger partial charge is 0.120 e. The van der Waals surface area contributed by atoms with Gasteiger partial charge >= 0.3 is 0 Å². The fourth-order valence-corrected chi connectivity index (χ4v) is 4.00. The fourth-order valence-electron chi connectivity index (χ4n) is 4.00. The number of hydrogen-bond donors (Lipinski definition) is 1. The van der Waals surface area contributed by atoms with Gasteiger partial charge in [0.2, 0.25) is 0 Å². The molecule has 5 nitrogen and oxygen atoms in total. The molecule has 1 saturated heterocycles. The Hall–Kier alpha value is -1.69. The van der Waals surface area contributed by atoms with E-state index in [-0.39, 0.29) is 0 Å². The van der Waals surface area contributed by atoms with Gasteiger partial charge in [0.15, 0.2) is 0 Å². The molecule has 1 aliphatic rings. The second kappa shape index (κ2) is 9.00. The molecule has 1 aromatic heterocycles. The van der Waals surface area contributed by atoms with Crippen molar-refractivity contribution in [2.45, 2.75) is 47.3 Å². The molecule has 27 heavy (non-hydrogen) atoms. The third kappa shape index (κ3) is 5.41. The second-order valence-corrected chi connectivity index (χ2v) is 8.10. The van der Waals surface area contributed by atoms with Crippen molar-refractivity contribution in [3.8, 4) is 0 Å². The molecule has 0 radical (unpaired) electrons. The van der Waals surface area contributed by atoms with E-state index >= 15 is 0 Å². The predicted octanol–water partition coefficient (Wildman–Crippen LogP) is 3.10. The van der Waals surface area contributed by atoms with Gasteiger partial charge in [0, 0.05) is 51.2 Å². The van der Waals surface area contributed by atoms with Gasteiger partial charge in [-0.1, -0.05) is 24.6 Å². The number of aryl methyl sites for hydroxylation is 2. The maximum absolute atomic E-state index is 4.44. The molecule has 0 amide bonds. The summed E-state index contributed by atoms with van der Waals surface area (Å²) < 4.78 is 0. The van der Waals surface area contributed by atoms with E-state index in [0.29, 0.717) is 0 Å². The monoisotopic (exact) mass is 369 g/mol. The van der Waals surface area contributed by atoms with Gasteiger partial charge in [-0.15, -0.1) is 0 Å². The second-order valence-electron chi connectivity index (χ2n) is 8.10. The van der Waals surface area contributed by atoms with Crippen LogP contribution in [0.1, 0.15) is 40.7 Å². The maximum Gasteiger partial charge on any atom is 0.120 e. The zero-order chi connectivity index (χ0) is 19.4. The molecule has 1 aliphatic heterocycles. The van der Waals surface area contributed by atoms with Gasteiger partial charge in [-0.25, -0.2) is 4.98 Å². The molecule has 0 aliphatic carbocycles. The number of aromatic nitrogens is 2. The molecule has 1 fully saturated rings. The molecule has 0 saturated carbocycles. The quantitative estimate of drug-likeness (QED) is 0.814. The maximum atomic E-state index is 4.44. The topological polar surface area (TPSA) is 38.4 Å². The van der Waals surface area contributed by atoms with Gasteiger partial charge in [-0.2, -0.15) is 0 Å². The van der Waals surface area contributed by atoms with Gasteiger partial charge in [0.1, 0.15) is 5.82 Å². The Morgan fingerprint density at radius 2 is 1.67 bits per heavy atom. The number of piperazine rings is 1. The number of nitrogens with one attached hydrogen (secondary N) is 1. The standard InChI is InChI=1S/C22H35N5/c1-6-26-7-9-27(10-8-26)15-21-12-17(2)11-20(19(21)4)14-25(5)16-22-23-13-18(3)24-22/h11-13H,6-10,14-16H2,1-5H3,(H,23,24). The van der Waals surface area contributed by atoms with E-state index in [1.165, 1.54) is 55.0 Å². The summed E-state index contributed by atoms with van der Waals surface area (Å²) in [7, 11) is 2.17. The van der Waals surface area contributed by atoms with Crippen LogP contribution in [0.4, 0.5) is 0 Å². The van der Waals surface area contributed by atoms with Gasteiger partial charge in [0.25, 0.3) is 0 Å². The van der Waals surface area contributed by atoms with E-state index in [4.69, 9.17) is 0 Å². The highest BCUT2D eigenvalue weighted by atomic mass is 15.3. The average molecular weight is 370 g/mol. The van der Waals surface area contributed by atoms with E-state index in [1.807, 2.05) is 13.1 Å². The first kappa shape index (κ1) is 20.1. The van der Waals surface area contributed by atoms with Gasteiger partial charge in [0.05, 0.1) is 6.54 Å². The van der Waals surface area contributed by atoms with Crippen molar-refractivity contribution in [3.05, 3.63) is 52.1 Å². The minimum Gasteiger partial charge on any atom is -0.345 e. The molecule has 5 heteroatoms. The van der Waals surface area contributed by atoms with Crippen molar-refractivity contribution in [2.24, 2.45) is 0 Å². The molecule has 2 aromatic rings. The highest BCUT2D eigenvalue weighted by Gasteiger charge is 2.17. The van der Waals surface area contributed by atoms with E-state index in [9.17, 15) is 0 Å². The summed E-state index contributed by atoms with van der Waals surface area (Å²) in [6.07, 6.45) is 1.90. The van der Waals surface area contributed by atoms with Crippen LogP contribution in [0.5, 0.6) is 0 Å². The third-order valence-electron chi connectivity index (χ3n) is 5.69. The minimum atomic E-state index is 0.843. The number of hydrogen-bond acceptors (Lipinski definition) is 4. The highest BCUT2D eigenvalue weighted by Crippen LogP contribution is 2.21. The summed E-state index contributed by atoms with van der Waals surface area (Å²) in [6, 6.07) is 4.72. The normalized spacial score (nSPS) is 16.4. The molecule has 0 unspecified atom stereocenters. The van der Waals surface area contributed by atoms with Crippen molar-refractivity contribution in [1.29, 1.82) is 0 Å². The molecule has 2 heterocycles. The Morgan fingerprint density at radius 1 is 1.00 bits per heavy atom. The number of nitrogens with zero attached hydrogens (tertiary/aromatic N) is 4. The van der Waals surface area contributed by atoms with Crippen LogP contribution in [-0.2, 0) is 19.6 Å². The van der Waals surface area contributed by atoms with Crippen LogP contribution in [0.25, 0.3) is 0 Å². The Morgan fingerprint density at radius 3 is 2.30 bits per heavy atom. The Balaban J connectivity index is 1.65. The molecule has 1 aromatic carbocycles. The number of likely N-dealkylation sites (N-methyl/N-ethyl adjacent to an activating group) is 1. The Kier molecular flexibility index (Phi) is 6.68. The number of rotatable bonds is 7. The summed E-state index contributed by atoms with van der Waals surface area (Å²) in [5.41, 5.74) is 6.84.